The third-order valence-electron chi connectivity index (χ3n) is 7.18. The summed E-state index contributed by atoms with van der Waals surface area (Å²) in [5.74, 6) is 0.267. The summed E-state index contributed by atoms with van der Waals surface area (Å²) in [6, 6.07) is 11.8. The Hall–Kier alpha value is -2.57. The number of amides is 2. The van der Waals surface area contributed by atoms with Crippen molar-refractivity contribution in [3.05, 3.63) is 58.1 Å². The lowest BCUT2D eigenvalue weighted by atomic mass is 9.99. The molecular weight excluding hydrogens is 448 g/mol. The monoisotopic (exact) mass is 480 g/mol. The van der Waals surface area contributed by atoms with Crippen molar-refractivity contribution >= 4 is 34.8 Å². The SMILES string of the molecule is Cc1cc(Cl)cc(C2CN(C)CCN2C(=O)c2ccc(NC(=O)C3CC3)cc2N2CCCC2)c1. The first-order valence-corrected chi connectivity index (χ1v) is 12.7. The van der Waals surface area contributed by atoms with Crippen molar-refractivity contribution in [2.45, 2.75) is 38.6 Å². The first-order chi connectivity index (χ1) is 16.4. The van der Waals surface area contributed by atoms with Crippen molar-refractivity contribution in [3.63, 3.8) is 0 Å². The number of hydrogen-bond donors (Lipinski definition) is 1. The minimum atomic E-state index is -0.0654. The molecule has 2 aliphatic heterocycles. The number of piperazine rings is 1. The Morgan fingerprint density at radius 1 is 1.00 bits per heavy atom. The number of rotatable bonds is 5. The molecule has 1 saturated carbocycles. The van der Waals surface area contributed by atoms with Gasteiger partial charge >= 0.3 is 0 Å². The van der Waals surface area contributed by atoms with Crippen molar-refractivity contribution in [2.24, 2.45) is 5.92 Å². The summed E-state index contributed by atoms with van der Waals surface area (Å²) in [7, 11) is 2.10. The molecule has 34 heavy (non-hydrogen) atoms. The second-order valence-corrected chi connectivity index (χ2v) is 10.5. The minimum Gasteiger partial charge on any atom is -0.371 e. The highest BCUT2D eigenvalue weighted by molar-refractivity contribution is 6.30. The molecule has 2 amide bonds. The van der Waals surface area contributed by atoms with Gasteiger partial charge in [-0.25, -0.2) is 0 Å². The molecule has 1 unspecified atom stereocenters. The average molecular weight is 481 g/mol. The van der Waals surface area contributed by atoms with Crippen molar-refractivity contribution in [1.29, 1.82) is 0 Å². The van der Waals surface area contributed by atoms with Crippen LogP contribution in [0.15, 0.2) is 36.4 Å². The third-order valence-corrected chi connectivity index (χ3v) is 7.40. The summed E-state index contributed by atoms with van der Waals surface area (Å²) in [6.07, 6.45) is 4.17. The summed E-state index contributed by atoms with van der Waals surface area (Å²) >= 11 is 6.39. The summed E-state index contributed by atoms with van der Waals surface area (Å²) in [6.45, 7) is 6.15. The molecule has 1 N–H and O–H groups in total. The fraction of sp³-hybridized carbons (Fsp3) is 0.481. The van der Waals surface area contributed by atoms with Crippen LogP contribution in [-0.2, 0) is 4.79 Å². The van der Waals surface area contributed by atoms with E-state index in [1.165, 1.54) is 0 Å². The second-order valence-electron chi connectivity index (χ2n) is 10.0. The molecule has 1 aliphatic carbocycles. The summed E-state index contributed by atoms with van der Waals surface area (Å²) in [5.41, 5.74) is 4.57. The minimum absolute atomic E-state index is 0.0395. The summed E-state index contributed by atoms with van der Waals surface area (Å²) in [4.78, 5) is 32.9. The molecule has 3 fully saturated rings. The molecule has 0 radical (unpaired) electrons. The van der Waals surface area contributed by atoms with E-state index in [1.54, 1.807) is 0 Å². The molecule has 6 nitrogen and oxygen atoms in total. The Morgan fingerprint density at radius 3 is 2.47 bits per heavy atom. The van der Waals surface area contributed by atoms with Crippen molar-refractivity contribution in [2.75, 3.05) is 50.0 Å². The van der Waals surface area contributed by atoms with Crippen LogP contribution in [0.3, 0.4) is 0 Å². The van der Waals surface area contributed by atoms with Gasteiger partial charge in [-0.3, -0.25) is 9.59 Å². The Kier molecular flexibility index (Phi) is 6.54. The Balaban J connectivity index is 1.48. The number of halogens is 1. The number of likely N-dealkylation sites (N-methyl/N-ethyl adjacent to an activating group) is 1. The molecule has 0 bridgehead atoms. The highest BCUT2D eigenvalue weighted by Crippen LogP contribution is 2.35. The fourth-order valence-corrected chi connectivity index (χ4v) is 5.46. The van der Waals surface area contributed by atoms with Gasteiger partial charge in [-0.05, 0) is 81.1 Å². The molecule has 0 aromatic heterocycles. The Morgan fingerprint density at radius 2 is 1.76 bits per heavy atom. The largest absolute Gasteiger partial charge is 0.371 e. The fourth-order valence-electron chi connectivity index (χ4n) is 5.16. The lowest BCUT2D eigenvalue weighted by molar-refractivity contribution is -0.117. The maximum atomic E-state index is 14.0. The molecule has 3 aliphatic rings. The van der Waals surface area contributed by atoms with Crippen LogP contribution in [0.4, 0.5) is 11.4 Å². The highest BCUT2D eigenvalue weighted by Gasteiger charge is 2.34. The molecule has 0 spiro atoms. The van der Waals surface area contributed by atoms with E-state index < -0.39 is 0 Å². The number of hydrogen-bond acceptors (Lipinski definition) is 4. The van der Waals surface area contributed by atoms with Gasteiger partial charge < -0.3 is 20.0 Å². The smallest absolute Gasteiger partial charge is 0.256 e. The quantitative estimate of drug-likeness (QED) is 0.672. The van der Waals surface area contributed by atoms with Crippen LogP contribution >= 0.6 is 11.6 Å². The average Bonchev–Trinajstić information content (AvgIpc) is 3.52. The predicted molar refractivity (Wildman–Crippen MR) is 137 cm³/mol. The van der Waals surface area contributed by atoms with Crippen LogP contribution in [0, 0.1) is 12.8 Å². The zero-order valence-corrected chi connectivity index (χ0v) is 20.8. The van der Waals surface area contributed by atoms with E-state index in [2.05, 4.69) is 28.2 Å². The van der Waals surface area contributed by atoms with E-state index in [4.69, 9.17) is 11.6 Å². The molecule has 180 valence electrons. The van der Waals surface area contributed by atoms with Crippen LogP contribution in [-0.4, -0.2) is 61.4 Å². The molecule has 7 heteroatoms. The van der Waals surface area contributed by atoms with Gasteiger partial charge in [0.1, 0.15) is 0 Å². The normalized spacial score (nSPS) is 21.1. The van der Waals surface area contributed by atoms with Gasteiger partial charge in [0, 0.05) is 49.4 Å². The molecular formula is C27H33ClN4O2. The maximum absolute atomic E-state index is 14.0. The summed E-state index contributed by atoms with van der Waals surface area (Å²) in [5, 5.41) is 3.75. The van der Waals surface area contributed by atoms with E-state index >= 15 is 0 Å². The van der Waals surface area contributed by atoms with Crippen molar-refractivity contribution < 1.29 is 9.59 Å². The maximum Gasteiger partial charge on any atom is 0.256 e. The van der Waals surface area contributed by atoms with Crippen LogP contribution in [0.1, 0.15) is 53.2 Å². The van der Waals surface area contributed by atoms with Gasteiger partial charge in [0.15, 0.2) is 0 Å². The van der Waals surface area contributed by atoms with Crippen LogP contribution in [0.25, 0.3) is 0 Å². The second kappa shape index (κ2) is 9.59. The van der Waals surface area contributed by atoms with Crippen LogP contribution in [0.2, 0.25) is 5.02 Å². The summed E-state index contributed by atoms with van der Waals surface area (Å²) < 4.78 is 0. The lowest BCUT2D eigenvalue weighted by Crippen LogP contribution is -2.49. The number of aryl methyl sites for hydroxylation is 1. The van der Waals surface area contributed by atoms with Crippen LogP contribution < -0.4 is 10.2 Å². The zero-order chi connectivity index (χ0) is 23.8. The molecule has 2 heterocycles. The number of nitrogens with one attached hydrogen (secondary N) is 1. The van der Waals surface area contributed by atoms with E-state index in [-0.39, 0.29) is 23.8 Å². The van der Waals surface area contributed by atoms with Gasteiger partial charge in [-0.2, -0.15) is 0 Å². The standard InChI is InChI=1S/C27H33ClN4O2/c1-18-13-20(15-21(28)14-18)25-17-30(2)11-12-32(25)27(34)23-8-7-22(29-26(33)19-5-6-19)16-24(23)31-9-3-4-10-31/h7-8,13-16,19,25H,3-6,9-12,17H2,1-2H3,(H,29,33). The van der Waals surface area contributed by atoms with E-state index in [0.29, 0.717) is 17.1 Å². The van der Waals surface area contributed by atoms with E-state index in [0.717, 1.165) is 74.4 Å². The van der Waals surface area contributed by atoms with Crippen molar-refractivity contribution in [1.82, 2.24) is 9.80 Å². The molecule has 2 aromatic carbocycles. The predicted octanol–water partition coefficient (Wildman–Crippen LogP) is 4.73. The highest BCUT2D eigenvalue weighted by atomic mass is 35.5. The number of benzene rings is 2. The van der Waals surface area contributed by atoms with Gasteiger partial charge in [-0.1, -0.05) is 17.7 Å². The third kappa shape index (κ3) is 4.93. The zero-order valence-electron chi connectivity index (χ0n) is 20.0. The topological polar surface area (TPSA) is 55.9 Å². The molecule has 2 saturated heterocycles. The molecule has 2 aromatic rings. The van der Waals surface area contributed by atoms with E-state index in [9.17, 15) is 9.59 Å². The molecule has 5 rings (SSSR count). The number of carbonyl (C=O) groups is 2. The van der Waals surface area contributed by atoms with Gasteiger partial charge in [0.2, 0.25) is 5.91 Å². The van der Waals surface area contributed by atoms with Crippen molar-refractivity contribution in [3.8, 4) is 0 Å². The van der Waals surface area contributed by atoms with E-state index in [1.807, 2.05) is 42.2 Å². The van der Waals surface area contributed by atoms with Crippen LogP contribution in [0.5, 0.6) is 0 Å². The van der Waals surface area contributed by atoms with Gasteiger partial charge in [-0.15, -0.1) is 0 Å². The Labute approximate surface area is 206 Å². The first kappa shape index (κ1) is 23.2. The number of carbonyl (C=O) groups excluding carboxylic acids is 2. The number of nitrogens with zero attached hydrogens (tertiary/aromatic N) is 3. The lowest BCUT2D eigenvalue weighted by Gasteiger charge is -2.41. The molecule has 1 atom stereocenters. The van der Waals surface area contributed by atoms with Gasteiger partial charge in [0.25, 0.3) is 5.91 Å². The first-order valence-electron chi connectivity index (χ1n) is 12.4. The van der Waals surface area contributed by atoms with Gasteiger partial charge in [0.05, 0.1) is 17.3 Å². The number of anilines is 2. The Bertz CT molecular complexity index is 1070.